The van der Waals surface area contributed by atoms with Gasteiger partial charge in [-0.2, -0.15) is 5.10 Å². The van der Waals surface area contributed by atoms with E-state index in [1.54, 1.807) is 12.1 Å². The molecule has 0 bridgehead atoms. The third-order valence-corrected chi connectivity index (χ3v) is 6.41. The first-order valence-corrected chi connectivity index (χ1v) is 13.5. The number of aliphatic hydroxyl groups excluding tert-OH is 1. The van der Waals surface area contributed by atoms with E-state index < -0.39 is 12.0 Å². The Morgan fingerprint density at radius 3 is 2.83 bits per heavy atom. The molecule has 0 saturated heterocycles. The van der Waals surface area contributed by atoms with Crippen molar-refractivity contribution in [3.63, 3.8) is 0 Å². The van der Waals surface area contributed by atoms with Crippen molar-refractivity contribution >= 4 is 34.1 Å². The zero-order valence-corrected chi connectivity index (χ0v) is 22.8. The highest BCUT2D eigenvalue weighted by Gasteiger charge is 2.11. The highest BCUT2D eigenvalue weighted by Crippen LogP contribution is 2.23. The minimum atomic E-state index is -0.930. The molecule has 0 aliphatic rings. The fourth-order valence-corrected chi connectivity index (χ4v) is 4.25. The number of rotatable bonds is 13. The molecule has 2 heterocycles. The molecule has 4 N–H and O–H groups in total. The number of carbonyl (C=O) groups excluding carboxylic acids is 1. The first kappa shape index (κ1) is 29.6. The Morgan fingerprint density at radius 2 is 2.02 bits per heavy atom. The number of aromatic nitrogens is 4. The van der Waals surface area contributed by atoms with Crippen LogP contribution in [0.15, 0.2) is 54.9 Å². The number of hydrogen-bond acceptors (Lipinski definition) is 7. The molecule has 1 amide bonds. The molecule has 0 radical (unpaired) electrons. The predicted molar refractivity (Wildman–Crippen MR) is 155 cm³/mol. The van der Waals surface area contributed by atoms with Gasteiger partial charge in [0.1, 0.15) is 24.1 Å². The van der Waals surface area contributed by atoms with E-state index in [-0.39, 0.29) is 18.9 Å². The van der Waals surface area contributed by atoms with Gasteiger partial charge >= 0.3 is 0 Å². The van der Waals surface area contributed by atoms with Crippen LogP contribution in [-0.2, 0) is 11.2 Å². The molecule has 2 aromatic carbocycles. The van der Waals surface area contributed by atoms with Crippen molar-refractivity contribution in [2.45, 2.75) is 38.8 Å². The molecule has 4 aromatic rings. The van der Waals surface area contributed by atoms with Crippen LogP contribution in [-0.4, -0.2) is 68.5 Å². The number of fused-ring (bicyclic) bond motifs is 1. The fourth-order valence-electron chi connectivity index (χ4n) is 4.25. The molecule has 0 aliphatic carbocycles. The second-order valence-corrected chi connectivity index (χ2v) is 9.48. The van der Waals surface area contributed by atoms with Gasteiger partial charge in [0, 0.05) is 47.9 Å². The number of amides is 1. The summed E-state index contributed by atoms with van der Waals surface area (Å²) in [4.78, 5) is 23.0. The van der Waals surface area contributed by atoms with Gasteiger partial charge in [0.2, 0.25) is 5.91 Å². The average molecular weight is 562 g/mol. The highest BCUT2D eigenvalue weighted by molar-refractivity contribution is 5.93. The third kappa shape index (κ3) is 9.06. The van der Waals surface area contributed by atoms with E-state index in [0.717, 1.165) is 17.5 Å². The van der Waals surface area contributed by atoms with Crippen molar-refractivity contribution in [3.05, 3.63) is 71.9 Å². The lowest BCUT2D eigenvalue weighted by molar-refractivity contribution is -0.115. The Bertz CT molecular complexity index is 1520. The number of alkyl halides is 1. The Kier molecular flexibility index (Phi) is 10.7. The second-order valence-electron chi connectivity index (χ2n) is 9.48. The van der Waals surface area contributed by atoms with Crippen LogP contribution < -0.4 is 10.6 Å². The topological polar surface area (TPSA) is 119 Å². The monoisotopic (exact) mass is 561 g/mol. The van der Waals surface area contributed by atoms with Crippen molar-refractivity contribution in [1.29, 1.82) is 0 Å². The zero-order valence-electron chi connectivity index (χ0n) is 22.8. The number of halogens is 2. The molecular formula is C30H33F2N7O2. The molecule has 1 atom stereocenters. The van der Waals surface area contributed by atoms with E-state index in [2.05, 4.69) is 42.6 Å². The number of hydrogen-bond donors (Lipinski definition) is 4. The van der Waals surface area contributed by atoms with Gasteiger partial charge in [0.15, 0.2) is 5.82 Å². The molecule has 4 rings (SSSR count). The maximum Gasteiger partial charge on any atom is 0.230 e. The lowest BCUT2D eigenvalue weighted by atomic mass is 10.1. The van der Waals surface area contributed by atoms with Crippen molar-refractivity contribution < 1.29 is 18.7 Å². The molecule has 9 nitrogen and oxygen atoms in total. The number of aliphatic hydroxyl groups is 1. The van der Waals surface area contributed by atoms with E-state index >= 15 is 0 Å². The van der Waals surface area contributed by atoms with E-state index in [1.165, 1.54) is 24.5 Å². The van der Waals surface area contributed by atoms with Crippen LogP contribution in [0.4, 0.5) is 26.1 Å². The number of carbonyl (C=O) groups is 1. The molecule has 0 saturated carbocycles. The minimum absolute atomic E-state index is 0.0296. The smallest absolute Gasteiger partial charge is 0.230 e. The molecule has 2 aromatic heterocycles. The minimum Gasteiger partial charge on any atom is -0.395 e. The zero-order chi connectivity index (χ0) is 29.0. The van der Waals surface area contributed by atoms with Crippen LogP contribution in [0.25, 0.3) is 10.9 Å². The van der Waals surface area contributed by atoms with E-state index in [0.29, 0.717) is 60.9 Å². The van der Waals surface area contributed by atoms with Crippen molar-refractivity contribution in [1.82, 2.24) is 25.1 Å². The van der Waals surface area contributed by atoms with Crippen LogP contribution in [0.3, 0.4) is 0 Å². The molecule has 41 heavy (non-hydrogen) atoms. The van der Waals surface area contributed by atoms with Gasteiger partial charge in [-0.1, -0.05) is 24.8 Å². The fraction of sp³-hybridized carbons (Fsp3) is 0.333. The first-order valence-electron chi connectivity index (χ1n) is 13.5. The number of anilines is 3. The summed E-state index contributed by atoms with van der Waals surface area (Å²) >= 11 is 0. The van der Waals surface area contributed by atoms with E-state index in [9.17, 15) is 13.6 Å². The molecule has 11 heteroatoms. The first-order chi connectivity index (χ1) is 19.9. The molecular weight excluding hydrogens is 528 g/mol. The van der Waals surface area contributed by atoms with Crippen LogP contribution in [0, 0.1) is 17.7 Å². The second kappa shape index (κ2) is 14.8. The van der Waals surface area contributed by atoms with Gasteiger partial charge < -0.3 is 20.6 Å². The van der Waals surface area contributed by atoms with Crippen molar-refractivity contribution in [3.8, 4) is 11.8 Å². The Hall–Kier alpha value is -4.40. The molecule has 0 aliphatic heterocycles. The number of nitrogens with zero attached hydrogens (tertiary/aromatic N) is 4. The number of aromatic amines is 1. The lowest BCUT2D eigenvalue weighted by Crippen LogP contribution is -2.29. The van der Waals surface area contributed by atoms with E-state index in [4.69, 9.17) is 5.11 Å². The van der Waals surface area contributed by atoms with Crippen LogP contribution in [0.2, 0.25) is 0 Å². The quantitative estimate of drug-likeness (QED) is 0.176. The summed E-state index contributed by atoms with van der Waals surface area (Å²) in [6.45, 7) is 4.05. The summed E-state index contributed by atoms with van der Waals surface area (Å²) in [5.41, 5.74) is 2.40. The Balaban J connectivity index is 1.31. The van der Waals surface area contributed by atoms with Gasteiger partial charge in [-0.05, 0) is 55.8 Å². The standard InChI is InChI=1S/C30H33F2N7O2/c1-2-39(14-15-40)13-12-22(31)7-4-3-6-21-10-11-26-27(16-21)33-20-34-30(26)36-28-18-25(37-38-28)19-29(41)35-24-9-5-8-23(32)17-24/h5,8-11,16-18,20,22,40H,2,4,7,12-15,19H2,1H3,(H,35,41)(H2,33,34,36,37,38). The Morgan fingerprint density at radius 1 is 1.15 bits per heavy atom. The van der Waals surface area contributed by atoms with Gasteiger partial charge in [0.25, 0.3) is 0 Å². The summed E-state index contributed by atoms with van der Waals surface area (Å²) < 4.78 is 27.6. The number of H-pyrrole nitrogens is 1. The Labute approximate surface area is 237 Å². The van der Waals surface area contributed by atoms with Gasteiger partial charge in [0.05, 0.1) is 18.5 Å². The number of likely N-dealkylation sites (N-methyl/N-ethyl adjacent to an activating group) is 1. The number of nitrogens with one attached hydrogen (secondary N) is 3. The normalized spacial score (nSPS) is 11.7. The molecule has 0 fully saturated rings. The lowest BCUT2D eigenvalue weighted by Gasteiger charge is -2.19. The largest absolute Gasteiger partial charge is 0.395 e. The highest BCUT2D eigenvalue weighted by atomic mass is 19.1. The summed E-state index contributed by atoms with van der Waals surface area (Å²) in [5.74, 6) is 6.41. The van der Waals surface area contributed by atoms with Crippen molar-refractivity contribution in [2.75, 3.05) is 36.9 Å². The summed E-state index contributed by atoms with van der Waals surface area (Å²) in [6, 6.07) is 13.0. The SMILES string of the molecule is CCN(CCO)CCC(F)CCC#Cc1ccc2c(Nc3cc(CC(=O)Nc4cccc(F)c4)[nH]n3)ncnc2c1. The van der Waals surface area contributed by atoms with Crippen LogP contribution >= 0.6 is 0 Å². The third-order valence-electron chi connectivity index (χ3n) is 6.41. The predicted octanol–water partition coefficient (Wildman–Crippen LogP) is 4.59. The number of benzene rings is 2. The van der Waals surface area contributed by atoms with Gasteiger partial charge in [-0.15, -0.1) is 0 Å². The van der Waals surface area contributed by atoms with Crippen molar-refractivity contribution in [2.24, 2.45) is 0 Å². The van der Waals surface area contributed by atoms with Crippen LogP contribution in [0.1, 0.15) is 37.4 Å². The average Bonchev–Trinajstić information content (AvgIpc) is 3.39. The van der Waals surface area contributed by atoms with E-state index in [1.807, 2.05) is 30.0 Å². The summed E-state index contributed by atoms with van der Waals surface area (Å²) in [7, 11) is 0. The van der Waals surface area contributed by atoms with Crippen LogP contribution in [0.5, 0.6) is 0 Å². The summed E-state index contributed by atoms with van der Waals surface area (Å²) in [6.07, 6.45) is 1.78. The maximum absolute atomic E-state index is 14.2. The molecule has 0 spiro atoms. The van der Waals surface area contributed by atoms with Gasteiger partial charge in [-0.25, -0.2) is 18.7 Å². The maximum atomic E-state index is 14.2. The summed E-state index contributed by atoms with van der Waals surface area (Å²) in [5, 5.41) is 22.6. The molecule has 1 unspecified atom stereocenters. The van der Waals surface area contributed by atoms with Gasteiger partial charge in [-0.3, -0.25) is 9.89 Å². The molecule has 214 valence electrons.